The van der Waals surface area contributed by atoms with Gasteiger partial charge in [-0.3, -0.25) is 0 Å². The molecule has 0 bridgehead atoms. The van der Waals surface area contributed by atoms with E-state index >= 15 is 0 Å². The lowest BCUT2D eigenvalue weighted by Crippen LogP contribution is -2.27. The van der Waals surface area contributed by atoms with Crippen LogP contribution in [0.5, 0.6) is 5.75 Å². The number of nitrogens with one attached hydrogen (secondary N) is 1. The van der Waals surface area contributed by atoms with Crippen LogP contribution in [0.2, 0.25) is 5.02 Å². The van der Waals surface area contributed by atoms with Crippen molar-refractivity contribution in [1.29, 1.82) is 0 Å². The minimum atomic E-state index is -1.45. The van der Waals surface area contributed by atoms with Crippen molar-refractivity contribution in [2.24, 2.45) is 0 Å². The Morgan fingerprint density at radius 3 is 2.43 bits per heavy atom. The molecule has 0 saturated heterocycles. The smallest absolute Gasteiger partial charge is 0.336 e. The van der Waals surface area contributed by atoms with E-state index in [2.05, 4.69) is 18.1 Å². The van der Waals surface area contributed by atoms with Crippen LogP contribution in [0.4, 0.5) is 25.0 Å². The summed E-state index contributed by atoms with van der Waals surface area (Å²) in [6.07, 6.45) is 0. The largest absolute Gasteiger partial charge is 0.503 e. The number of urea groups is 1. The Hall–Kier alpha value is -1.99. The van der Waals surface area contributed by atoms with Gasteiger partial charge in [-0.1, -0.05) is 24.4 Å². The number of nitrogens with zero attached hydrogens (tertiary/aromatic N) is 1. The first kappa shape index (κ1) is 15.4. The summed E-state index contributed by atoms with van der Waals surface area (Å²) in [7, 11) is 0. The first-order valence-corrected chi connectivity index (χ1v) is 6.40. The fourth-order valence-corrected chi connectivity index (χ4v) is 1.86. The zero-order chi connectivity index (χ0) is 15.6. The lowest BCUT2D eigenvalue weighted by Gasteiger charge is -2.18. The molecule has 2 amide bonds. The predicted molar refractivity (Wildman–Crippen MR) is 80.0 cm³/mol. The minimum absolute atomic E-state index is 0.288. The SMILES string of the molecule is O=C(Nc1ccc(Cl)cc1)N(S)c1ccc(F)c(F)c1O. The van der Waals surface area contributed by atoms with Crippen molar-refractivity contribution in [1.82, 2.24) is 0 Å². The van der Waals surface area contributed by atoms with Crippen LogP contribution in [0.1, 0.15) is 0 Å². The number of benzene rings is 2. The normalized spacial score (nSPS) is 10.3. The van der Waals surface area contributed by atoms with Crippen molar-refractivity contribution in [2.75, 3.05) is 9.62 Å². The summed E-state index contributed by atoms with van der Waals surface area (Å²) < 4.78 is 26.8. The van der Waals surface area contributed by atoms with Gasteiger partial charge < -0.3 is 10.4 Å². The molecule has 2 aromatic carbocycles. The monoisotopic (exact) mass is 330 g/mol. The van der Waals surface area contributed by atoms with Gasteiger partial charge in [-0.25, -0.2) is 13.5 Å². The molecule has 0 spiro atoms. The summed E-state index contributed by atoms with van der Waals surface area (Å²) in [6, 6.07) is 7.28. The first-order chi connectivity index (χ1) is 9.90. The van der Waals surface area contributed by atoms with E-state index < -0.39 is 23.4 Å². The second-order valence-corrected chi connectivity index (χ2v) is 4.81. The van der Waals surface area contributed by atoms with Gasteiger partial charge in [-0.15, -0.1) is 0 Å². The maximum absolute atomic E-state index is 13.3. The van der Waals surface area contributed by atoms with Crippen LogP contribution >= 0.6 is 24.4 Å². The van der Waals surface area contributed by atoms with Crippen LogP contribution in [0.3, 0.4) is 0 Å². The van der Waals surface area contributed by atoms with Gasteiger partial charge in [0.25, 0.3) is 0 Å². The maximum atomic E-state index is 13.3. The number of hydrogen-bond donors (Lipinski definition) is 3. The standard InChI is InChI=1S/C13H9ClF2N2O2S/c14-7-1-3-8(4-2-7)17-13(20)18(21)10-6-5-9(15)11(16)12(10)19/h1-6,19,21H,(H,17,20). The van der Waals surface area contributed by atoms with E-state index in [0.29, 0.717) is 15.0 Å². The number of rotatable bonds is 2. The Morgan fingerprint density at radius 2 is 1.81 bits per heavy atom. The van der Waals surface area contributed by atoms with Gasteiger partial charge in [-0.2, -0.15) is 4.39 Å². The molecule has 0 heterocycles. The number of hydrogen-bond acceptors (Lipinski definition) is 3. The molecule has 0 aliphatic carbocycles. The summed E-state index contributed by atoms with van der Waals surface area (Å²) in [6.45, 7) is 0. The quantitative estimate of drug-likeness (QED) is 0.723. The molecule has 110 valence electrons. The molecule has 0 radical (unpaired) electrons. The highest BCUT2D eigenvalue weighted by atomic mass is 35.5. The van der Waals surface area contributed by atoms with Crippen molar-refractivity contribution >= 4 is 41.8 Å². The van der Waals surface area contributed by atoms with Crippen LogP contribution in [0, 0.1) is 11.6 Å². The molecule has 0 saturated carbocycles. The van der Waals surface area contributed by atoms with Crippen molar-refractivity contribution in [3.8, 4) is 5.75 Å². The summed E-state index contributed by atoms with van der Waals surface area (Å²) in [4.78, 5) is 11.9. The highest BCUT2D eigenvalue weighted by Crippen LogP contribution is 2.32. The van der Waals surface area contributed by atoms with Crippen LogP contribution < -0.4 is 9.62 Å². The van der Waals surface area contributed by atoms with E-state index in [4.69, 9.17) is 11.6 Å². The van der Waals surface area contributed by atoms with Gasteiger partial charge in [-0.05, 0) is 36.4 Å². The molecule has 0 atom stereocenters. The molecule has 0 unspecified atom stereocenters. The van der Waals surface area contributed by atoms with Crippen LogP contribution in [0.25, 0.3) is 0 Å². The third kappa shape index (κ3) is 3.37. The molecular weight excluding hydrogens is 322 g/mol. The van der Waals surface area contributed by atoms with Crippen molar-refractivity contribution in [2.45, 2.75) is 0 Å². The van der Waals surface area contributed by atoms with Crippen LogP contribution in [0.15, 0.2) is 36.4 Å². The van der Waals surface area contributed by atoms with Gasteiger partial charge in [0.2, 0.25) is 5.82 Å². The van der Waals surface area contributed by atoms with E-state index in [1.54, 1.807) is 24.3 Å². The Balaban J connectivity index is 2.20. The molecule has 0 aliphatic heterocycles. The van der Waals surface area contributed by atoms with E-state index in [-0.39, 0.29) is 5.69 Å². The average Bonchev–Trinajstić information content (AvgIpc) is 2.46. The zero-order valence-corrected chi connectivity index (χ0v) is 12.0. The third-order valence-corrected chi connectivity index (χ3v) is 3.21. The molecule has 8 heteroatoms. The average molecular weight is 331 g/mol. The molecule has 21 heavy (non-hydrogen) atoms. The number of anilines is 2. The van der Waals surface area contributed by atoms with Gasteiger partial charge in [0.15, 0.2) is 11.6 Å². The molecule has 0 fully saturated rings. The Bertz CT molecular complexity index is 683. The number of phenols is 1. The summed E-state index contributed by atoms with van der Waals surface area (Å²) in [5, 5.41) is 12.4. The molecule has 0 aromatic heterocycles. The van der Waals surface area contributed by atoms with Crippen molar-refractivity contribution in [3.63, 3.8) is 0 Å². The van der Waals surface area contributed by atoms with Crippen molar-refractivity contribution in [3.05, 3.63) is 53.1 Å². The molecule has 4 nitrogen and oxygen atoms in total. The van der Waals surface area contributed by atoms with Gasteiger partial charge >= 0.3 is 6.03 Å². The highest BCUT2D eigenvalue weighted by molar-refractivity contribution is 7.82. The van der Waals surface area contributed by atoms with Crippen LogP contribution in [-0.2, 0) is 0 Å². The van der Waals surface area contributed by atoms with Crippen molar-refractivity contribution < 1.29 is 18.7 Å². The summed E-state index contributed by atoms with van der Waals surface area (Å²) in [5.74, 6) is -3.68. The third-order valence-electron chi connectivity index (χ3n) is 2.56. The predicted octanol–water partition coefficient (Wildman–Crippen LogP) is 4.21. The lowest BCUT2D eigenvalue weighted by molar-refractivity contribution is 0.260. The molecule has 2 N–H and O–H groups in total. The number of aromatic hydroxyl groups is 1. The summed E-state index contributed by atoms with van der Waals surface area (Å²) >= 11 is 9.57. The maximum Gasteiger partial charge on any atom is 0.336 e. The van der Waals surface area contributed by atoms with Crippen LogP contribution in [-0.4, -0.2) is 11.1 Å². The molecule has 2 rings (SSSR count). The van der Waals surface area contributed by atoms with E-state index in [0.717, 1.165) is 12.1 Å². The van der Waals surface area contributed by atoms with Gasteiger partial charge in [0.05, 0.1) is 0 Å². The number of halogens is 3. The second-order valence-electron chi connectivity index (χ2n) is 3.98. The van der Waals surface area contributed by atoms with Gasteiger partial charge in [0, 0.05) is 10.7 Å². The molecule has 0 aliphatic rings. The fourth-order valence-electron chi connectivity index (χ4n) is 1.52. The second kappa shape index (κ2) is 6.19. The number of thiol groups is 1. The Morgan fingerprint density at radius 1 is 1.19 bits per heavy atom. The minimum Gasteiger partial charge on any atom is -0.503 e. The zero-order valence-electron chi connectivity index (χ0n) is 10.3. The van der Waals surface area contributed by atoms with E-state index in [1.807, 2.05) is 0 Å². The summed E-state index contributed by atoms with van der Waals surface area (Å²) in [5.41, 5.74) is 0.134. The number of carbonyl (C=O) groups excluding carboxylic acids is 1. The number of carbonyl (C=O) groups is 1. The van der Waals surface area contributed by atoms with Gasteiger partial charge in [0.1, 0.15) is 5.69 Å². The number of amides is 2. The van der Waals surface area contributed by atoms with E-state index in [1.165, 1.54) is 0 Å². The lowest BCUT2D eigenvalue weighted by atomic mass is 10.2. The number of phenolic OH excluding ortho intramolecular Hbond substituents is 1. The fraction of sp³-hybridized carbons (Fsp3) is 0. The molecular formula is C13H9ClF2N2O2S. The topological polar surface area (TPSA) is 52.6 Å². The Kier molecular flexibility index (Phi) is 4.54. The first-order valence-electron chi connectivity index (χ1n) is 5.62. The Labute approximate surface area is 129 Å². The highest BCUT2D eigenvalue weighted by Gasteiger charge is 2.20. The van der Waals surface area contributed by atoms with E-state index in [9.17, 15) is 18.7 Å². The molecule has 2 aromatic rings.